The van der Waals surface area contributed by atoms with Crippen molar-refractivity contribution >= 4 is 23.2 Å². The van der Waals surface area contributed by atoms with Crippen molar-refractivity contribution in [2.24, 2.45) is 0 Å². The highest BCUT2D eigenvalue weighted by molar-refractivity contribution is 6.33. The quantitative estimate of drug-likeness (QED) is 0.847. The number of rotatable bonds is 4. The average molecular weight is 289 g/mol. The lowest BCUT2D eigenvalue weighted by molar-refractivity contribution is 0.0951. The fourth-order valence-corrected chi connectivity index (χ4v) is 1.98. The highest BCUT2D eigenvalue weighted by Gasteiger charge is 2.07. The van der Waals surface area contributed by atoms with Crippen LogP contribution in [0.4, 0.5) is 5.69 Å². The second-order valence-corrected chi connectivity index (χ2v) is 5.00. The predicted octanol–water partition coefficient (Wildman–Crippen LogP) is 3.41. The third-order valence-corrected chi connectivity index (χ3v) is 3.49. The lowest BCUT2D eigenvalue weighted by Gasteiger charge is -2.07. The summed E-state index contributed by atoms with van der Waals surface area (Å²) in [6.07, 6.45) is 1.01. The van der Waals surface area contributed by atoms with Crippen LogP contribution in [0.15, 0.2) is 42.5 Å². The molecule has 0 aromatic heterocycles. The van der Waals surface area contributed by atoms with Crippen LogP contribution < -0.4 is 11.1 Å². The zero-order valence-electron chi connectivity index (χ0n) is 11.3. The number of carbonyl (C=O) groups is 1. The SMILES string of the molecule is CCc1ccc(CNC(=O)c2ccc(Cl)c(N)c2)cc1. The van der Waals surface area contributed by atoms with Gasteiger partial charge in [0.2, 0.25) is 0 Å². The lowest BCUT2D eigenvalue weighted by Crippen LogP contribution is -2.22. The number of halogens is 1. The molecule has 0 aliphatic rings. The van der Waals surface area contributed by atoms with Crippen LogP contribution >= 0.6 is 11.6 Å². The molecule has 1 amide bonds. The van der Waals surface area contributed by atoms with Crippen LogP contribution in [-0.2, 0) is 13.0 Å². The minimum absolute atomic E-state index is 0.159. The first-order valence-corrected chi connectivity index (χ1v) is 6.89. The largest absolute Gasteiger partial charge is 0.398 e. The number of hydrogen-bond acceptors (Lipinski definition) is 2. The first-order valence-electron chi connectivity index (χ1n) is 6.51. The van der Waals surface area contributed by atoms with E-state index in [9.17, 15) is 4.79 Å². The third kappa shape index (κ3) is 3.52. The fourth-order valence-electron chi connectivity index (χ4n) is 1.86. The van der Waals surface area contributed by atoms with Gasteiger partial charge in [-0.2, -0.15) is 0 Å². The van der Waals surface area contributed by atoms with Gasteiger partial charge in [0.1, 0.15) is 0 Å². The summed E-state index contributed by atoms with van der Waals surface area (Å²) in [5.74, 6) is -0.159. The standard InChI is InChI=1S/C16H17ClN2O/c1-2-11-3-5-12(6-4-11)10-19-16(20)13-7-8-14(17)15(18)9-13/h3-9H,2,10,18H2,1H3,(H,19,20). The predicted molar refractivity (Wildman–Crippen MR) is 82.9 cm³/mol. The van der Waals surface area contributed by atoms with Crippen molar-refractivity contribution in [3.05, 3.63) is 64.2 Å². The summed E-state index contributed by atoms with van der Waals surface area (Å²) >= 11 is 5.83. The number of aryl methyl sites for hydroxylation is 1. The van der Waals surface area contributed by atoms with E-state index >= 15 is 0 Å². The van der Waals surface area contributed by atoms with Gasteiger partial charge in [0.25, 0.3) is 5.91 Å². The van der Waals surface area contributed by atoms with Gasteiger partial charge >= 0.3 is 0 Å². The second kappa shape index (κ2) is 6.44. The molecule has 0 saturated carbocycles. The van der Waals surface area contributed by atoms with Crippen LogP contribution in [0.25, 0.3) is 0 Å². The number of anilines is 1. The topological polar surface area (TPSA) is 55.1 Å². The molecule has 0 bridgehead atoms. The van der Waals surface area contributed by atoms with Crippen molar-refractivity contribution in [3.8, 4) is 0 Å². The van der Waals surface area contributed by atoms with E-state index in [1.165, 1.54) is 5.56 Å². The molecule has 104 valence electrons. The van der Waals surface area contributed by atoms with E-state index in [-0.39, 0.29) is 5.91 Å². The summed E-state index contributed by atoms with van der Waals surface area (Å²) < 4.78 is 0. The number of nitrogens with two attached hydrogens (primary N) is 1. The number of nitrogens with one attached hydrogen (secondary N) is 1. The Kier molecular flexibility index (Phi) is 4.64. The van der Waals surface area contributed by atoms with Crippen molar-refractivity contribution in [3.63, 3.8) is 0 Å². The monoisotopic (exact) mass is 288 g/mol. The molecule has 20 heavy (non-hydrogen) atoms. The molecule has 0 radical (unpaired) electrons. The highest BCUT2D eigenvalue weighted by Crippen LogP contribution is 2.19. The Morgan fingerprint density at radius 1 is 1.15 bits per heavy atom. The first-order chi connectivity index (χ1) is 9.60. The van der Waals surface area contributed by atoms with Crippen LogP contribution in [0.1, 0.15) is 28.4 Å². The van der Waals surface area contributed by atoms with Gasteiger partial charge in [0, 0.05) is 12.1 Å². The highest BCUT2D eigenvalue weighted by atomic mass is 35.5. The van der Waals surface area contributed by atoms with Gasteiger partial charge in [-0.3, -0.25) is 4.79 Å². The number of nitrogen functional groups attached to an aromatic ring is 1. The van der Waals surface area contributed by atoms with Gasteiger partial charge in [0.15, 0.2) is 0 Å². The van der Waals surface area contributed by atoms with E-state index in [0.717, 1.165) is 12.0 Å². The molecule has 3 nitrogen and oxygen atoms in total. The maximum Gasteiger partial charge on any atom is 0.251 e. The van der Waals surface area contributed by atoms with Crippen molar-refractivity contribution in [2.75, 3.05) is 5.73 Å². The van der Waals surface area contributed by atoms with Crippen LogP contribution in [0, 0.1) is 0 Å². The zero-order chi connectivity index (χ0) is 14.5. The Hall–Kier alpha value is -2.00. The molecule has 3 N–H and O–H groups in total. The van der Waals surface area contributed by atoms with E-state index in [2.05, 4.69) is 24.4 Å². The first kappa shape index (κ1) is 14.4. The molecule has 0 heterocycles. The van der Waals surface area contributed by atoms with Gasteiger partial charge in [0.05, 0.1) is 10.7 Å². The Morgan fingerprint density at radius 3 is 2.40 bits per heavy atom. The van der Waals surface area contributed by atoms with Crippen molar-refractivity contribution in [1.82, 2.24) is 5.32 Å². The third-order valence-electron chi connectivity index (χ3n) is 3.14. The van der Waals surface area contributed by atoms with Gasteiger partial charge in [-0.25, -0.2) is 0 Å². The van der Waals surface area contributed by atoms with Gasteiger partial charge in [-0.15, -0.1) is 0 Å². The summed E-state index contributed by atoms with van der Waals surface area (Å²) in [4.78, 5) is 12.0. The van der Waals surface area contributed by atoms with Gasteiger partial charge in [-0.05, 0) is 35.7 Å². The van der Waals surface area contributed by atoms with Gasteiger partial charge in [-0.1, -0.05) is 42.8 Å². The Labute approximate surface area is 123 Å². The molecule has 2 aromatic rings. The maximum absolute atomic E-state index is 12.0. The normalized spacial score (nSPS) is 10.3. The zero-order valence-corrected chi connectivity index (χ0v) is 12.1. The minimum Gasteiger partial charge on any atom is -0.398 e. The molecule has 0 saturated heterocycles. The summed E-state index contributed by atoms with van der Waals surface area (Å²) in [5, 5.41) is 3.32. The van der Waals surface area contributed by atoms with Crippen molar-refractivity contribution < 1.29 is 4.79 Å². The summed E-state index contributed by atoms with van der Waals surface area (Å²) in [6, 6.07) is 13.1. The fraction of sp³-hybridized carbons (Fsp3) is 0.188. The Bertz CT molecular complexity index is 608. The van der Waals surface area contributed by atoms with E-state index in [1.807, 2.05) is 12.1 Å². The molecule has 0 fully saturated rings. The molecule has 2 aromatic carbocycles. The van der Waals surface area contributed by atoms with E-state index in [0.29, 0.717) is 22.8 Å². The van der Waals surface area contributed by atoms with Crippen molar-refractivity contribution in [2.45, 2.75) is 19.9 Å². The van der Waals surface area contributed by atoms with Crippen LogP contribution in [0.5, 0.6) is 0 Å². The maximum atomic E-state index is 12.0. The molecule has 0 aliphatic carbocycles. The summed E-state index contributed by atoms with van der Waals surface area (Å²) in [5.41, 5.74) is 8.96. The number of hydrogen-bond donors (Lipinski definition) is 2. The molecule has 4 heteroatoms. The molecular weight excluding hydrogens is 272 g/mol. The summed E-state index contributed by atoms with van der Waals surface area (Å²) in [7, 11) is 0. The summed E-state index contributed by atoms with van der Waals surface area (Å²) in [6.45, 7) is 2.60. The second-order valence-electron chi connectivity index (χ2n) is 4.59. The van der Waals surface area contributed by atoms with Crippen LogP contribution in [0.3, 0.4) is 0 Å². The lowest BCUT2D eigenvalue weighted by atomic mass is 10.1. The molecular formula is C16H17ClN2O. The Balaban J connectivity index is 1.98. The minimum atomic E-state index is -0.159. The Morgan fingerprint density at radius 2 is 1.80 bits per heavy atom. The van der Waals surface area contributed by atoms with Crippen LogP contribution in [-0.4, -0.2) is 5.91 Å². The average Bonchev–Trinajstić information content (AvgIpc) is 2.48. The van der Waals surface area contributed by atoms with Crippen molar-refractivity contribution in [1.29, 1.82) is 0 Å². The molecule has 0 aliphatic heterocycles. The van der Waals surface area contributed by atoms with E-state index in [4.69, 9.17) is 17.3 Å². The van der Waals surface area contributed by atoms with E-state index in [1.54, 1.807) is 18.2 Å². The van der Waals surface area contributed by atoms with Crippen LogP contribution in [0.2, 0.25) is 5.02 Å². The number of benzene rings is 2. The van der Waals surface area contributed by atoms with Gasteiger partial charge < -0.3 is 11.1 Å². The molecule has 0 spiro atoms. The molecule has 0 atom stereocenters. The van der Waals surface area contributed by atoms with E-state index < -0.39 is 0 Å². The molecule has 2 rings (SSSR count). The molecule has 0 unspecified atom stereocenters. The number of amides is 1. The number of carbonyl (C=O) groups excluding carboxylic acids is 1. The smallest absolute Gasteiger partial charge is 0.251 e.